The summed E-state index contributed by atoms with van der Waals surface area (Å²) in [5, 5.41) is 0. The van der Waals surface area contributed by atoms with Crippen molar-refractivity contribution in [1.82, 2.24) is 14.2 Å². The molecule has 1 amide bonds. The van der Waals surface area contributed by atoms with Gasteiger partial charge in [-0.2, -0.15) is 4.31 Å². The molecule has 144 valence electrons. The van der Waals surface area contributed by atoms with Gasteiger partial charge in [0.2, 0.25) is 15.9 Å². The van der Waals surface area contributed by atoms with Gasteiger partial charge in [0, 0.05) is 45.0 Å². The first-order chi connectivity index (χ1) is 12.9. The van der Waals surface area contributed by atoms with E-state index in [1.165, 1.54) is 4.31 Å². The van der Waals surface area contributed by atoms with Gasteiger partial charge in [0.1, 0.15) is 0 Å². The monoisotopic (exact) mass is 387 g/mol. The molecule has 0 atom stereocenters. The normalized spacial score (nSPS) is 15.7. The van der Waals surface area contributed by atoms with E-state index < -0.39 is 10.0 Å². The van der Waals surface area contributed by atoms with Crippen molar-refractivity contribution in [2.24, 2.45) is 0 Å². The second-order valence-corrected chi connectivity index (χ2v) is 8.82. The van der Waals surface area contributed by atoms with Crippen molar-refractivity contribution in [2.45, 2.75) is 31.6 Å². The number of nitrogens with zero attached hydrogens (tertiary/aromatic N) is 3. The van der Waals surface area contributed by atoms with Crippen LogP contribution >= 0.6 is 0 Å². The van der Waals surface area contributed by atoms with E-state index in [0.717, 1.165) is 16.7 Å². The summed E-state index contributed by atoms with van der Waals surface area (Å²) in [7, 11) is -3.53. The highest BCUT2D eigenvalue weighted by Gasteiger charge is 2.30. The number of aryl methyl sites for hydroxylation is 3. The molecule has 0 N–H and O–H groups in total. The van der Waals surface area contributed by atoms with E-state index >= 15 is 0 Å². The number of carbonyl (C=O) groups excluding carboxylic acids is 1. The van der Waals surface area contributed by atoms with Crippen LogP contribution in [0.5, 0.6) is 0 Å². The Kier molecular flexibility index (Phi) is 5.92. The number of hydrogen-bond acceptors (Lipinski definition) is 4. The zero-order valence-corrected chi connectivity index (χ0v) is 16.6. The number of carbonyl (C=O) groups is 1. The van der Waals surface area contributed by atoms with E-state index in [1.807, 2.05) is 38.1 Å². The molecule has 2 heterocycles. The molecule has 0 aliphatic carbocycles. The first kappa shape index (κ1) is 19.5. The lowest BCUT2D eigenvalue weighted by Crippen LogP contribution is -2.50. The molecule has 1 fully saturated rings. The first-order valence-corrected chi connectivity index (χ1v) is 10.6. The van der Waals surface area contributed by atoms with Gasteiger partial charge in [-0.3, -0.25) is 9.78 Å². The average Bonchev–Trinajstić information content (AvgIpc) is 2.68. The lowest BCUT2D eigenvalue weighted by Gasteiger charge is -2.34. The van der Waals surface area contributed by atoms with Gasteiger partial charge in [-0.05, 0) is 49.1 Å². The Morgan fingerprint density at radius 3 is 2.52 bits per heavy atom. The second kappa shape index (κ2) is 8.19. The standard InChI is InChI=1S/C20H25N3O3S/c1-16-5-6-17(2)19(14-16)27(25,26)23-12-10-22(11-13-23)20(24)8-7-18-4-3-9-21-15-18/h3-6,9,14-15H,7-8,10-13H2,1-2H3. The number of piperazine rings is 1. The molecule has 0 spiro atoms. The third-order valence-corrected chi connectivity index (χ3v) is 6.94. The fraction of sp³-hybridized carbons (Fsp3) is 0.400. The highest BCUT2D eigenvalue weighted by molar-refractivity contribution is 7.89. The largest absolute Gasteiger partial charge is 0.340 e. The van der Waals surface area contributed by atoms with Crippen LogP contribution in [0.25, 0.3) is 0 Å². The van der Waals surface area contributed by atoms with Crippen molar-refractivity contribution in [3.05, 3.63) is 59.4 Å². The molecule has 0 saturated carbocycles. The molecule has 27 heavy (non-hydrogen) atoms. The van der Waals surface area contributed by atoms with Crippen LogP contribution in [-0.2, 0) is 21.2 Å². The summed E-state index contributed by atoms with van der Waals surface area (Å²) in [5.74, 6) is 0.0580. The van der Waals surface area contributed by atoms with Crippen LogP contribution in [0.15, 0.2) is 47.6 Å². The molecule has 0 unspecified atom stereocenters. The highest BCUT2D eigenvalue weighted by Crippen LogP contribution is 2.22. The maximum Gasteiger partial charge on any atom is 0.243 e. The Labute approximate surface area is 160 Å². The van der Waals surface area contributed by atoms with E-state index in [9.17, 15) is 13.2 Å². The highest BCUT2D eigenvalue weighted by atomic mass is 32.2. The van der Waals surface area contributed by atoms with Crippen LogP contribution < -0.4 is 0 Å². The maximum absolute atomic E-state index is 13.0. The average molecular weight is 388 g/mol. The van der Waals surface area contributed by atoms with Crippen molar-refractivity contribution in [3.63, 3.8) is 0 Å². The van der Waals surface area contributed by atoms with Crippen molar-refractivity contribution < 1.29 is 13.2 Å². The second-order valence-electron chi connectivity index (χ2n) is 6.92. The van der Waals surface area contributed by atoms with Gasteiger partial charge in [0.25, 0.3) is 0 Å². The van der Waals surface area contributed by atoms with Gasteiger partial charge in [-0.15, -0.1) is 0 Å². The Hall–Kier alpha value is -2.25. The number of sulfonamides is 1. The number of benzene rings is 1. The molecule has 1 aromatic heterocycles. The zero-order valence-electron chi connectivity index (χ0n) is 15.8. The van der Waals surface area contributed by atoms with E-state index in [0.29, 0.717) is 43.9 Å². The minimum atomic E-state index is -3.53. The van der Waals surface area contributed by atoms with Crippen LogP contribution in [0.4, 0.5) is 0 Å². The van der Waals surface area contributed by atoms with Crippen LogP contribution in [0.3, 0.4) is 0 Å². The summed E-state index contributed by atoms with van der Waals surface area (Å²) >= 11 is 0. The topological polar surface area (TPSA) is 70.6 Å². The number of pyridine rings is 1. The SMILES string of the molecule is Cc1ccc(C)c(S(=O)(=O)N2CCN(C(=O)CCc3cccnc3)CC2)c1. The molecule has 1 aromatic carbocycles. The van der Waals surface area contributed by atoms with Crippen LogP contribution in [-0.4, -0.2) is 54.7 Å². The molecular formula is C20H25N3O3S. The Balaban J connectivity index is 1.59. The maximum atomic E-state index is 13.0. The third kappa shape index (κ3) is 4.54. The molecule has 0 bridgehead atoms. The van der Waals surface area contributed by atoms with Crippen LogP contribution in [0.1, 0.15) is 23.1 Å². The fourth-order valence-corrected chi connectivity index (χ4v) is 4.99. The first-order valence-electron chi connectivity index (χ1n) is 9.12. The zero-order chi connectivity index (χ0) is 19.4. The minimum absolute atomic E-state index is 0.0580. The van der Waals surface area contributed by atoms with Crippen LogP contribution in [0, 0.1) is 13.8 Å². The summed E-state index contributed by atoms with van der Waals surface area (Å²) in [6.07, 6.45) is 4.53. The van der Waals surface area contributed by atoms with Crippen molar-refractivity contribution in [1.29, 1.82) is 0 Å². The van der Waals surface area contributed by atoms with Crippen molar-refractivity contribution in [3.8, 4) is 0 Å². The van der Waals surface area contributed by atoms with E-state index in [1.54, 1.807) is 23.4 Å². The molecular weight excluding hydrogens is 362 g/mol. The molecule has 1 saturated heterocycles. The predicted molar refractivity (Wildman–Crippen MR) is 104 cm³/mol. The number of hydrogen-bond donors (Lipinski definition) is 0. The molecule has 6 nitrogen and oxygen atoms in total. The van der Waals surface area contributed by atoms with Crippen molar-refractivity contribution >= 4 is 15.9 Å². The summed E-state index contributed by atoms with van der Waals surface area (Å²) in [6.45, 7) is 5.20. The molecule has 1 aliphatic heterocycles. The molecule has 3 rings (SSSR count). The Morgan fingerprint density at radius 1 is 1.11 bits per heavy atom. The van der Waals surface area contributed by atoms with Gasteiger partial charge in [-0.25, -0.2) is 8.42 Å². The summed E-state index contributed by atoms with van der Waals surface area (Å²) in [5.41, 5.74) is 2.70. The fourth-order valence-electron chi connectivity index (χ4n) is 3.26. The Bertz CT molecular complexity index is 905. The van der Waals surface area contributed by atoms with Gasteiger partial charge >= 0.3 is 0 Å². The summed E-state index contributed by atoms with van der Waals surface area (Å²) < 4.78 is 27.4. The predicted octanol–water partition coefficient (Wildman–Crippen LogP) is 2.16. The quantitative estimate of drug-likeness (QED) is 0.788. The van der Waals surface area contributed by atoms with Gasteiger partial charge in [-0.1, -0.05) is 18.2 Å². The van der Waals surface area contributed by atoms with E-state index in [2.05, 4.69) is 4.98 Å². The number of amides is 1. The third-order valence-electron chi connectivity index (χ3n) is 4.90. The number of aromatic nitrogens is 1. The van der Waals surface area contributed by atoms with Gasteiger partial charge in [0.05, 0.1) is 4.90 Å². The number of rotatable bonds is 5. The van der Waals surface area contributed by atoms with Crippen LogP contribution in [0.2, 0.25) is 0 Å². The lowest BCUT2D eigenvalue weighted by molar-refractivity contribution is -0.132. The lowest BCUT2D eigenvalue weighted by atomic mass is 10.1. The molecule has 2 aromatic rings. The summed E-state index contributed by atoms with van der Waals surface area (Å²) in [6, 6.07) is 9.27. The van der Waals surface area contributed by atoms with Gasteiger partial charge in [0.15, 0.2) is 0 Å². The van der Waals surface area contributed by atoms with Crippen molar-refractivity contribution in [2.75, 3.05) is 26.2 Å². The minimum Gasteiger partial charge on any atom is -0.340 e. The molecule has 0 radical (unpaired) electrons. The van der Waals surface area contributed by atoms with E-state index in [-0.39, 0.29) is 5.91 Å². The smallest absolute Gasteiger partial charge is 0.243 e. The van der Waals surface area contributed by atoms with E-state index in [4.69, 9.17) is 0 Å². The van der Waals surface area contributed by atoms with Gasteiger partial charge < -0.3 is 4.90 Å². The Morgan fingerprint density at radius 2 is 1.85 bits per heavy atom. The summed E-state index contributed by atoms with van der Waals surface area (Å²) in [4.78, 5) is 18.6. The molecule has 7 heteroatoms. The molecule has 1 aliphatic rings.